The lowest BCUT2D eigenvalue weighted by Crippen LogP contribution is -2.37. The Morgan fingerprint density at radius 1 is 0.838 bits per heavy atom. The van der Waals surface area contributed by atoms with Gasteiger partial charge in [-0.15, -0.1) is 13.2 Å². The smallest absolute Gasteiger partial charge is 0.406 e. The summed E-state index contributed by atoms with van der Waals surface area (Å²) in [5.74, 6) is -4.41. The van der Waals surface area contributed by atoms with Crippen molar-refractivity contribution in [3.8, 4) is 5.75 Å². The number of ether oxygens (including phenoxy) is 1. The van der Waals surface area contributed by atoms with Crippen LogP contribution in [0.25, 0.3) is 0 Å². The van der Waals surface area contributed by atoms with Gasteiger partial charge in [0, 0.05) is 23.9 Å². The lowest BCUT2D eigenvalue weighted by atomic mass is 10.1. The Kier molecular flexibility index (Phi) is 8.04. The second kappa shape index (κ2) is 10.8. The fraction of sp³-hybridized carbons (Fsp3) is 0.167. The summed E-state index contributed by atoms with van der Waals surface area (Å²) < 4.78 is 107. The van der Waals surface area contributed by atoms with Gasteiger partial charge in [0.2, 0.25) is 5.91 Å². The van der Waals surface area contributed by atoms with Crippen LogP contribution in [0.4, 0.5) is 40.8 Å². The Hall–Kier alpha value is -4.16. The zero-order valence-corrected chi connectivity index (χ0v) is 18.5. The number of halogens is 8. The lowest BCUT2D eigenvalue weighted by Gasteiger charge is -2.23. The first kappa shape index (κ1) is 27.4. The summed E-state index contributed by atoms with van der Waals surface area (Å²) in [5.41, 5.74) is -1.51. The van der Waals surface area contributed by atoms with E-state index in [1.165, 1.54) is 6.07 Å². The molecule has 2 amide bonds. The van der Waals surface area contributed by atoms with Crippen molar-refractivity contribution in [1.29, 1.82) is 0 Å². The average molecular weight is 532 g/mol. The molecule has 196 valence electrons. The number of hydrogen-bond acceptors (Lipinski definition) is 3. The molecule has 3 aromatic rings. The van der Waals surface area contributed by atoms with Crippen LogP contribution in [-0.2, 0) is 17.5 Å². The van der Waals surface area contributed by atoms with Crippen molar-refractivity contribution in [2.45, 2.75) is 19.1 Å². The predicted octanol–water partition coefficient (Wildman–Crippen LogP) is 6.16. The molecule has 0 radical (unpaired) electrons. The third-order valence-electron chi connectivity index (χ3n) is 4.73. The minimum absolute atomic E-state index is 0.0604. The van der Waals surface area contributed by atoms with Crippen LogP contribution in [0, 0.1) is 11.6 Å². The van der Waals surface area contributed by atoms with E-state index in [4.69, 9.17) is 0 Å². The number of amides is 2. The van der Waals surface area contributed by atoms with Crippen LogP contribution >= 0.6 is 0 Å². The number of rotatable bonds is 7. The molecule has 5 nitrogen and oxygen atoms in total. The first-order valence-electron chi connectivity index (χ1n) is 10.3. The van der Waals surface area contributed by atoms with Crippen molar-refractivity contribution in [3.63, 3.8) is 0 Å². The van der Waals surface area contributed by atoms with Crippen LogP contribution < -0.4 is 10.1 Å². The molecular formula is C24H16F8N2O3. The largest absolute Gasteiger partial charge is 0.573 e. The first-order chi connectivity index (χ1) is 17.2. The summed E-state index contributed by atoms with van der Waals surface area (Å²) in [7, 11) is 0. The van der Waals surface area contributed by atoms with Crippen molar-refractivity contribution in [2.75, 3.05) is 11.9 Å². The summed E-state index contributed by atoms with van der Waals surface area (Å²) in [6.07, 6.45) is -9.65. The molecule has 1 N–H and O–H groups in total. The fourth-order valence-corrected chi connectivity index (χ4v) is 3.25. The van der Waals surface area contributed by atoms with E-state index < -0.39 is 60.4 Å². The van der Waals surface area contributed by atoms with E-state index in [-0.39, 0.29) is 16.8 Å². The number of nitrogens with zero attached hydrogens (tertiary/aromatic N) is 1. The van der Waals surface area contributed by atoms with Gasteiger partial charge in [0.25, 0.3) is 5.91 Å². The molecule has 0 aliphatic carbocycles. The Morgan fingerprint density at radius 2 is 1.46 bits per heavy atom. The lowest BCUT2D eigenvalue weighted by molar-refractivity contribution is -0.274. The van der Waals surface area contributed by atoms with E-state index >= 15 is 0 Å². The van der Waals surface area contributed by atoms with Crippen molar-refractivity contribution >= 4 is 17.5 Å². The minimum atomic E-state index is -4.97. The molecule has 0 bridgehead atoms. The molecule has 0 atom stereocenters. The van der Waals surface area contributed by atoms with Crippen molar-refractivity contribution in [2.24, 2.45) is 0 Å². The molecule has 0 heterocycles. The van der Waals surface area contributed by atoms with E-state index in [9.17, 15) is 44.7 Å². The topological polar surface area (TPSA) is 58.6 Å². The highest BCUT2D eigenvalue weighted by molar-refractivity contribution is 5.99. The van der Waals surface area contributed by atoms with Gasteiger partial charge < -0.3 is 15.0 Å². The average Bonchev–Trinajstić information content (AvgIpc) is 2.76. The van der Waals surface area contributed by atoms with Crippen LogP contribution in [0.2, 0.25) is 0 Å². The maximum atomic E-state index is 13.6. The van der Waals surface area contributed by atoms with Crippen LogP contribution in [0.5, 0.6) is 5.75 Å². The number of alkyl halides is 6. The molecule has 37 heavy (non-hydrogen) atoms. The summed E-state index contributed by atoms with van der Waals surface area (Å²) in [4.78, 5) is 26.4. The van der Waals surface area contributed by atoms with E-state index in [0.29, 0.717) is 12.1 Å². The number of nitrogens with one attached hydrogen (secondary N) is 1. The Balaban J connectivity index is 1.83. The highest BCUT2D eigenvalue weighted by atomic mass is 19.4. The monoisotopic (exact) mass is 532 g/mol. The van der Waals surface area contributed by atoms with Gasteiger partial charge in [-0.05, 0) is 60.2 Å². The molecule has 0 spiro atoms. The van der Waals surface area contributed by atoms with Crippen LogP contribution in [-0.4, -0.2) is 29.6 Å². The standard InChI is InChI=1S/C24H16F8N2O3/c25-17-8-14(9-18(26)11-17)12-34(22(36)15-4-6-20(7-5-15)37-24(30,31)32)13-21(35)33-19-3-1-2-16(10-19)23(27,28)29/h1-11H,12-13H2,(H,33,35). The maximum absolute atomic E-state index is 13.6. The maximum Gasteiger partial charge on any atom is 0.573 e. The third-order valence-corrected chi connectivity index (χ3v) is 4.73. The summed E-state index contributed by atoms with van der Waals surface area (Å²) in [5, 5.41) is 2.21. The highest BCUT2D eigenvalue weighted by Crippen LogP contribution is 2.30. The van der Waals surface area contributed by atoms with E-state index in [2.05, 4.69) is 10.1 Å². The quantitative estimate of drug-likeness (QED) is 0.371. The van der Waals surface area contributed by atoms with Gasteiger partial charge in [-0.3, -0.25) is 9.59 Å². The van der Waals surface area contributed by atoms with Crippen LogP contribution in [0.15, 0.2) is 66.7 Å². The molecule has 0 aliphatic heterocycles. The van der Waals surface area contributed by atoms with Gasteiger partial charge in [-0.1, -0.05) is 6.07 Å². The van der Waals surface area contributed by atoms with Crippen molar-refractivity contribution in [1.82, 2.24) is 4.90 Å². The molecule has 0 saturated carbocycles. The third kappa shape index (κ3) is 8.19. The molecule has 3 rings (SSSR count). The molecule has 0 unspecified atom stereocenters. The molecular weight excluding hydrogens is 516 g/mol. The molecule has 0 fully saturated rings. The van der Waals surface area contributed by atoms with Crippen LogP contribution in [0.1, 0.15) is 21.5 Å². The molecule has 0 aliphatic rings. The van der Waals surface area contributed by atoms with E-state index in [1.807, 2.05) is 0 Å². The van der Waals surface area contributed by atoms with Gasteiger partial charge in [-0.2, -0.15) is 13.2 Å². The summed E-state index contributed by atoms with van der Waals surface area (Å²) in [6.45, 7) is -1.28. The van der Waals surface area contributed by atoms with Crippen molar-refractivity contribution < 1.29 is 49.4 Å². The minimum Gasteiger partial charge on any atom is -0.406 e. The number of carbonyl (C=O) groups is 2. The normalized spacial score (nSPS) is 11.7. The van der Waals surface area contributed by atoms with E-state index in [0.717, 1.165) is 53.4 Å². The Morgan fingerprint density at radius 3 is 2.03 bits per heavy atom. The van der Waals surface area contributed by atoms with Gasteiger partial charge in [-0.25, -0.2) is 8.78 Å². The van der Waals surface area contributed by atoms with Crippen LogP contribution in [0.3, 0.4) is 0 Å². The van der Waals surface area contributed by atoms with Gasteiger partial charge in [0.15, 0.2) is 0 Å². The van der Waals surface area contributed by atoms with E-state index in [1.54, 1.807) is 0 Å². The number of hydrogen-bond donors (Lipinski definition) is 1. The summed E-state index contributed by atoms with van der Waals surface area (Å²) in [6, 6.07) is 9.73. The number of carbonyl (C=O) groups excluding carboxylic acids is 2. The summed E-state index contributed by atoms with van der Waals surface area (Å²) >= 11 is 0. The second-order valence-corrected chi connectivity index (χ2v) is 7.64. The molecule has 13 heteroatoms. The Labute approximate surface area is 204 Å². The second-order valence-electron chi connectivity index (χ2n) is 7.64. The Bertz CT molecular complexity index is 1250. The highest BCUT2D eigenvalue weighted by Gasteiger charge is 2.32. The van der Waals surface area contributed by atoms with Gasteiger partial charge >= 0.3 is 12.5 Å². The fourth-order valence-electron chi connectivity index (χ4n) is 3.25. The molecule has 3 aromatic carbocycles. The van der Waals surface area contributed by atoms with Gasteiger partial charge in [0.05, 0.1) is 5.56 Å². The van der Waals surface area contributed by atoms with Gasteiger partial charge in [0.1, 0.15) is 23.9 Å². The zero-order valence-electron chi connectivity index (χ0n) is 18.5. The van der Waals surface area contributed by atoms with Crippen molar-refractivity contribution in [3.05, 3.63) is 95.1 Å². The molecule has 0 aromatic heterocycles. The number of anilines is 1. The number of benzene rings is 3. The SMILES string of the molecule is O=C(CN(Cc1cc(F)cc(F)c1)C(=O)c1ccc(OC(F)(F)F)cc1)Nc1cccc(C(F)(F)F)c1. The molecule has 0 saturated heterocycles. The zero-order chi connectivity index (χ0) is 27.4. The predicted molar refractivity (Wildman–Crippen MR) is 114 cm³/mol. The first-order valence-corrected chi connectivity index (χ1v) is 10.3.